The van der Waals surface area contributed by atoms with Crippen molar-refractivity contribution in [2.24, 2.45) is 5.92 Å². The number of halogens is 13. The van der Waals surface area contributed by atoms with Crippen LogP contribution < -0.4 is 10.4 Å². The number of pyridine rings is 1. The van der Waals surface area contributed by atoms with Crippen molar-refractivity contribution >= 4 is 51.7 Å². The Morgan fingerprint density at radius 2 is 1.51 bits per heavy atom. The predicted molar refractivity (Wildman–Crippen MR) is 143 cm³/mol. The zero-order chi connectivity index (χ0) is 35.3. The van der Waals surface area contributed by atoms with E-state index in [0.717, 1.165) is 46.9 Å². The Hall–Kier alpha value is -4.11. The molecule has 4 rings (SSSR count). The fraction of sp³-hybridized carbons (Fsp3) is 0.259. The lowest BCUT2D eigenvalue weighted by atomic mass is 9.92. The number of hydroxylamine groups is 1. The molecule has 0 spiro atoms. The van der Waals surface area contributed by atoms with Gasteiger partial charge < -0.3 is 10.2 Å². The van der Waals surface area contributed by atoms with Gasteiger partial charge in [-0.1, -0.05) is 6.07 Å². The fourth-order valence-corrected chi connectivity index (χ4v) is 4.74. The van der Waals surface area contributed by atoms with Gasteiger partial charge in [-0.05, 0) is 71.8 Å². The quantitative estimate of drug-likeness (QED) is 0.118. The highest BCUT2D eigenvalue weighted by molar-refractivity contribution is 14.1. The van der Waals surface area contributed by atoms with Gasteiger partial charge in [-0.15, -0.1) is 5.06 Å². The Kier molecular flexibility index (Phi) is 9.50. The number of nitrogens with one attached hydrogen (secondary N) is 1. The van der Waals surface area contributed by atoms with E-state index in [-0.39, 0.29) is 11.1 Å². The number of aromatic nitrogens is 1. The summed E-state index contributed by atoms with van der Waals surface area (Å²) in [6.07, 6.45) is -17.9. The summed E-state index contributed by atoms with van der Waals surface area (Å²) in [5.74, 6) is -7.51. The maximum absolute atomic E-state index is 15.8. The molecule has 1 saturated carbocycles. The van der Waals surface area contributed by atoms with Crippen molar-refractivity contribution in [3.8, 4) is 0 Å². The lowest BCUT2D eigenvalue weighted by molar-refractivity contribution is -0.348. The van der Waals surface area contributed by atoms with E-state index >= 15 is 4.39 Å². The van der Waals surface area contributed by atoms with Gasteiger partial charge >= 0.3 is 30.2 Å². The van der Waals surface area contributed by atoms with Crippen LogP contribution in [0.5, 0.6) is 0 Å². The van der Waals surface area contributed by atoms with Crippen molar-refractivity contribution in [2.75, 3.05) is 10.4 Å². The Labute approximate surface area is 268 Å². The van der Waals surface area contributed by atoms with Crippen LogP contribution in [0.4, 0.5) is 64.1 Å². The summed E-state index contributed by atoms with van der Waals surface area (Å²) in [5.41, 5.74) is -15.1. The largest absolute Gasteiger partial charge is 0.435 e. The summed E-state index contributed by atoms with van der Waals surface area (Å²) >= 11 is 0.816. The Morgan fingerprint density at radius 1 is 0.894 bits per heavy atom. The molecule has 1 N–H and O–H groups in total. The molecule has 1 aliphatic rings. The van der Waals surface area contributed by atoms with Gasteiger partial charge in [0.1, 0.15) is 5.69 Å². The van der Waals surface area contributed by atoms with E-state index < -0.39 is 103 Å². The SMILES string of the molecule is O=C(Nc1c(I)cc(C(F)(C(F)(F)F)C(F)(F)F)cc1C(F)(F)F)c1cccc(N(OC(=O)C2CC2)C(=O)c2ccc(F)nc2)c1F. The van der Waals surface area contributed by atoms with Crippen molar-refractivity contribution in [2.45, 2.75) is 37.0 Å². The van der Waals surface area contributed by atoms with Crippen molar-refractivity contribution < 1.29 is 71.9 Å². The van der Waals surface area contributed by atoms with E-state index in [2.05, 4.69) is 4.98 Å². The van der Waals surface area contributed by atoms with Crippen LogP contribution in [-0.4, -0.2) is 35.1 Å². The van der Waals surface area contributed by atoms with E-state index in [4.69, 9.17) is 4.84 Å². The Balaban J connectivity index is 1.78. The molecule has 1 aliphatic carbocycles. The minimum absolute atomic E-state index is 0.0798. The Bertz CT molecular complexity index is 1710. The number of anilines is 2. The number of benzene rings is 2. The van der Waals surface area contributed by atoms with Gasteiger partial charge in [0.05, 0.1) is 28.3 Å². The molecule has 20 heteroatoms. The molecule has 0 aliphatic heterocycles. The Morgan fingerprint density at radius 3 is 2.02 bits per heavy atom. The average Bonchev–Trinajstić information content (AvgIpc) is 3.81. The van der Waals surface area contributed by atoms with Gasteiger partial charge in [-0.25, -0.2) is 18.6 Å². The third kappa shape index (κ3) is 7.10. The molecule has 47 heavy (non-hydrogen) atoms. The monoisotopic (exact) mass is 799 g/mol. The van der Waals surface area contributed by atoms with Crippen molar-refractivity contribution in [3.63, 3.8) is 0 Å². The molecule has 252 valence electrons. The minimum atomic E-state index is -6.76. The molecule has 0 atom stereocenters. The number of hydrogen-bond acceptors (Lipinski definition) is 5. The number of carbonyl (C=O) groups is 3. The van der Waals surface area contributed by atoms with E-state index in [1.165, 1.54) is 0 Å². The third-order valence-corrected chi connectivity index (χ3v) is 7.36. The molecule has 2 aromatic carbocycles. The maximum Gasteiger partial charge on any atom is 0.435 e. The molecule has 0 radical (unpaired) electrons. The number of alkyl halides is 10. The van der Waals surface area contributed by atoms with Crippen LogP contribution in [0, 0.1) is 21.3 Å². The van der Waals surface area contributed by atoms with Crippen LogP contribution in [0.25, 0.3) is 0 Å². The highest BCUT2D eigenvalue weighted by Crippen LogP contribution is 2.55. The zero-order valence-electron chi connectivity index (χ0n) is 22.6. The van der Waals surface area contributed by atoms with Crippen LogP contribution in [0.3, 0.4) is 0 Å². The fourth-order valence-electron chi connectivity index (χ4n) is 3.98. The van der Waals surface area contributed by atoms with E-state index in [1.54, 1.807) is 5.32 Å². The number of rotatable bonds is 6. The first-order chi connectivity index (χ1) is 21.6. The normalized spacial score (nSPS) is 14.1. The second-order valence-electron chi connectivity index (χ2n) is 9.78. The molecule has 0 unspecified atom stereocenters. The van der Waals surface area contributed by atoms with Crippen LogP contribution in [0.2, 0.25) is 0 Å². The summed E-state index contributed by atoms with van der Waals surface area (Å²) in [6.45, 7) is 0. The van der Waals surface area contributed by atoms with Crippen LogP contribution in [0.1, 0.15) is 44.7 Å². The van der Waals surface area contributed by atoms with Gasteiger partial charge in [-0.2, -0.15) is 43.9 Å². The van der Waals surface area contributed by atoms with Crippen LogP contribution in [0.15, 0.2) is 48.7 Å². The highest BCUT2D eigenvalue weighted by Gasteiger charge is 2.73. The summed E-state index contributed by atoms with van der Waals surface area (Å²) in [5, 5.41) is 1.63. The number of nitrogens with zero attached hydrogens (tertiary/aromatic N) is 2. The third-order valence-electron chi connectivity index (χ3n) is 6.51. The molecule has 3 aromatic rings. The van der Waals surface area contributed by atoms with E-state index in [1.807, 2.05) is 0 Å². The lowest BCUT2D eigenvalue weighted by Gasteiger charge is -2.31. The first kappa shape index (κ1) is 35.7. The van der Waals surface area contributed by atoms with Gasteiger partial charge in [-0.3, -0.25) is 9.59 Å². The molecule has 0 bridgehead atoms. The molecule has 1 aromatic heterocycles. The standard InChI is InChI=1S/C27H14F12IN3O4/c28-18-7-6-12(10-41-18)22(45)43(47-23(46)11-4-5-11)17-3-1-2-14(19(17)29)21(44)42-20-15(25(31,32)33)8-13(9-16(20)40)24(30,26(34,35)36)27(37,38)39/h1-3,6-11H,4-5H2,(H,42,44). The summed E-state index contributed by atoms with van der Waals surface area (Å²) in [7, 11) is 0. The summed E-state index contributed by atoms with van der Waals surface area (Å²) in [6, 6.07) is 2.93. The molecule has 2 amide bonds. The van der Waals surface area contributed by atoms with Crippen LogP contribution in [-0.2, 0) is 21.5 Å². The van der Waals surface area contributed by atoms with Gasteiger partial charge in [0, 0.05) is 15.3 Å². The number of hydrogen-bond donors (Lipinski definition) is 1. The molecule has 1 heterocycles. The molecule has 1 fully saturated rings. The van der Waals surface area contributed by atoms with Crippen LogP contribution >= 0.6 is 22.6 Å². The minimum Gasteiger partial charge on any atom is -0.332 e. The maximum atomic E-state index is 15.8. The summed E-state index contributed by atoms with van der Waals surface area (Å²) < 4.78 is 164. The van der Waals surface area contributed by atoms with Gasteiger partial charge in [0.25, 0.3) is 11.8 Å². The molecule has 7 nitrogen and oxygen atoms in total. The number of carbonyl (C=O) groups excluding carboxylic acids is 3. The van der Waals surface area contributed by atoms with E-state index in [0.29, 0.717) is 25.1 Å². The van der Waals surface area contributed by atoms with Crippen molar-refractivity contribution in [3.05, 3.63) is 86.3 Å². The van der Waals surface area contributed by atoms with Gasteiger partial charge in [0.2, 0.25) is 5.95 Å². The number of amides is 2. The van der Waals surface area contributed by atoms with E-state index in [9.17, 15) is 62.7 Å². The molecular weight excluding hydrogens is 785 g/mol. The first-order valence-electron chi connectivity index (χ1n) is 12.6. The van der Waals surface area contributed by atoms with Gasteiger partial charge in [0.15, 0.2) is 5.82 Å². The highest BCUT2D eigenvalue weighted by atomic mass is 127. The second kappa shape index (κ2) is 12.5. The predicted octanol–water partition coefficient (Wildman–Crippen LogP) is 8.04. The zero-order valence-corrected chi connectivity index (χ0v) is 24.7. The van der Waals surface area contributed by atoms with Crippen molar-refractivity contribution in [1.82, 2.24) is 4.98 Å². The topological polar surface area (TPSA) is 88.6 Å². The lowest BCUT2D eigenvalue weighted by Crippen LogP contribution is -2.50. The second-order valence-corrected chi connectivity index (χ2v) is 10.9. The molecule has 0 saturated heterocycles. The summed E-state index contributed by atoms with van der Waals surface area (Å²) in [4.78, 5) is 46.8. The van der Waals surface area contributed by atoms with Crippen molar-refractivity contribution in [1.29, 1.82) is 0 Å². The smallest absolute Gasteiger partial charge is 0.332 e. The molecular formula is C27H14F12IN3O4. The average molecular weight is 799 g/mol. The first-order valence-corrected chi connectivity index (χ1v) is 13.7.